The van der Waals surface area contributed by atoms with E-state index in [1.165, 1.54) is 11.1 Å². The minimum absolute atomic E-state index is 0.183. The smallest absolute Gasteiger partial charge is 0.320 e. The van der Waals surface area contributed by atoms with Gasteiger partial charge in [-0.05, 0) is 42.3 Å². The maximum absolute atomic E-state index is 10.7. The van der Waals surface area contributed by atoms with Gasteiger partial charge in [-0.3, -0.25) is 4.79 Å². The third kappa shape index (κ3) is 5.33. The molecule has 20 heavy (non-hydrogen) atoms. The first kappa shape index (κ1) is 16.7. The van der Waals surface area contributed by atoms with Crippen molar-refractivity contribution in [3.63, 3.8) is 0 Å². The number of carbonyl (C=O) groups is 1. The molecule has 0 aliphatic heterocycles. The van der Waals surface area contributed by atoms with Gasteiger partial charge in [-0.15, -0.1) is 0 Å². The second-order valence-corrected chi connectivity index (χ2v) is 6.72. The Bertz CT molecular complexity index is 431. The van der Waals surface area contributed by atoms with Gasteiger partial charge in [-0.1, -0.05) is 52.0 Å². The molecule has 0 radical (unpaired) electrons. The summed E-state index contributed by atoms with van der Waals surface area (Å²) < 4.78 is 0. The number of nitrogens with one attached hydrogen (secondary N) is 1. The van der Waals surface area contributed by atoms with Crippen molar-refractivity contribution in [3.05, 3.63) is 35.4 Å². The summed E-state index contributed by atoms with van der Waals surface area (Å²) in [6.07, 6.45) is 0.962. The van der Waals surface area contributed by atoms with Crippen molar-refractivity contribution in [1.29, 1.82) is 0 Å². The first-order valence-electron chi connectivity index (χ1n) is 7.25. The molecule has 0 aliphatic carbocycles. The number of rotatable bonds is 6. The van der Waals surface area contributed by atoms with Crippen LogP contribution >= 0.6 is 0 Å². The molecule has 3 nitrogen and oxygen atoms in total. The normalized spacial score (nSPS) is 14.8. The van der Waals surface area contributed by atoms with Crippen molar-refractivity contribution in [2.45, 2.75) is 52.5 Å². The van der Waals surface area contributed by atoms with Crippen molar-refractivity contribution in [2.24, 2.45) is 5.92 Å². The molecule has 1 aromatic carbocycles. The van der Waals surface area contributed by atoms with E-state index >= 15 is 0 Å². The summed E-state index contributed by atoms with van der Waals surface area (Å²) in [6, 6.07) is 8.25. The molecule has 3 heteroatoms. The van der Waals surface area contributed by atoms with Gasteiger partial charge in [-0.2, -0.15) is 0 Å². The highest BCUT2D eigenvalue weighted by Crippen LogP contribution is 2.22. The molecule has 0 saturated carbocycles. The molecule has 1 unspecified atom stereocenters. The average Bonchev–Trinajstić information content (AvgIpc) is 2.35. The fourth-order valence-corrected chi connectivity index (χ4v) is 2.08. The molecule has 112 valence electrons. The second-order valence-electron chi connectivity index (χ2n) is 6.72. The van der Waals surface area contributed by atoms with E-state index in [0.717, 1.165) is 6.42 Å². The molecule has 2 atom stereocenters. The third-order valence-corrected chi connectivity index (χ3v) is 3.55. The first-order chi connectivity index (χ1) is 9.20. The number of hydrogen-bond donors (Lipinski definition) is 2. The van der Waals surface area contributed by atoms with Gasteiger partial charge in [0.15, 0.2) is 0 Å². The molecule has 0 saturated heterocycles. The fourth-order valence-electron chi connectivity index (χ4n) is 2.08. The molecule has 0 spiro atoms. The topological polar surface area (TPSA) is 49.3 Å². The highest BCUT2D eigenvalue weighted by molar-refractivity contribution is 5.72. The van der Waals surface area contributed by atoms with Gasteiger partial charge in [0.1, 0.15) is 6.04 Å². The Labute approximate surface area is 122 Å². The van der Waals surface area contributed by atoms with Crippen molar-refractivity contribution < 1.29 is 9.90 Å². The Morgan fingerprint density at radius 1 is 1.20 bits per heavy atom. The van der Waals surface area contributed by atoms with Gasteiger partial charge < -0.3 is 10.4 Å². The van der Waals surface area contributed by atoms with E-state index in [1.54, 1.807) is 6.92 Å². The highest BCUT2D eigenvalue weighted by atomic mass is 16.4. The summed E-state index contributed by atoms with van der Waals surface area (Å²) in [5.74, 6) is -0.385. The summed E-state index contributed by atoms with van der Waals surface area (Å²) in [5.41, 5.74) is 2.82. The molecule has 1 aromatic rings. The van der Waals surface area contributed by atoms with Crippen LogP contribution in [0.2, 0.25) is 0 Å². The van der Waals surface area contributed by atoms with Crippen LogP contribution in [0.1, 0.15) is 45.7 Å². The summed E-state index contributed by atoms with van der Waals surface area (Å²) in [7, 11) is 0. The van der Waals surface area contributed by atoms with Crippen molar-refractivity contribution in [1.82, 2.24) is 5.32 Å². The van der Waals surface area contributed by atoms with E-state index < -0.39 is 12.0 Å². The van der Waals surface area contributed by atoms with Gasteiger partial charge in [-0.25, -0.2) is 0 Å². The Balaban J connectivity index is 2.50. The van der Waals surface area contributed by atoms with Crippen LogP contribution < -0.4 is 5.32 Å². The van der Waals surface area contributed by atoms with Crippen LogP contribution in [0, 0.1) is 5.92 Å². The van der Waals surface area contributed by atoms with Gasteiger partial charge >= 0.3 is 5.97 Å². The Kier molecular flexibility index (Phi) is 5.75. The quantitative estimate of drug-likeness (QED) is 0.839. The zero-order valence-electron chi connectivity index (χ0n) is 13.2. The van der Waals surface area contributed by atoms with Crippen LogP contribution in [0.5, 0.6) is 0 Å². The highest BCUT2D eigenvalue weighted by Gasteiger charge is 2.14. The molecule has 0 fully saturated rings. The van der Waals surface area contributed by atoms with Crippen molar-refractivity contribution in [3.8, 4) is 0 Å². The van der Waals surface area contributed by atoms with Gasteiger partial charge in [0.25, 0.3) is 0 Å². The lowest BCUT2D eigenvalue weighted by atomic mass is 9.86. The van der Waals surface area contributed by atoms with Crippen molar-refractivity contribution in [2.75, 3.05) is 6.54 Å². The predicted molar refractivity (Wildman–Crippen MR) is 83.1 cm³/mol. The maximum Gasteiger partial charge on any atom is 0.320 e. The molecule has 0 bridgehead atoms. The minimum atomic E-state index is -0.799. The zero-order chi connectivity index (χ0) is 15.3. The minimum Gasteiger partial charge on any atom is -0.480 e. The lowest BCUT2D eigenvalue weighted by molar-refractivity contribution is -0.139. The fraction of sp³-hybridized carbons (Fsp3) is 0.588. The summed E-state index contributed by atoms with van der Waals surface area (Å²) in [6.45, 7) is 11.2. The van der Waals surface area contributed by atoms with E-state index in [9.17, 15) is 4.79 Å². The largest absolute Gasteiger partial charge is 0.480 e. The number of aliphatic carboxylic acids is 1. The summed E-state index contributed by atoms with van der Waals surface area (Å²) >= 11 is 0. The second kappa shape index (κ2) is 6.89. The SMILES string of the molecule is CC(CN[C@@H](C)C(=O)O)Cc1ccc(C(C)(C)C)cc1. The standard InChI is InChI=1S/C17H27NO2/c1-12(11-18-13(2)16(19)20)10-14-6-8-15(9-7-14)17(3,4)5/h6-9,12-13,18H,10-11H2,1-5H3,(H,19,20)/t12?,13-/m0/s1. The van der Waals surface area contributed by atoms with Crippen LogP contribution in [-0.2, 0) is 16.6 Å². The molecule has 0 aliphatic rings. The number of carboxylic acids is 1. The van der Waals surface area contributed by atoms with E-state index in [-0.39, 0.29) is 5.41 Å². The zero-order valence-corrected chi connectivity index (χ0v) is 13.2. The number of benzene rings is 1. The summed E-state index contributed by atoms with van der Waals surface area (Å²) in [5, 5.41) is 11.9. The van der Waals surface area contributed by atoms with E-state index in [2.05, 4.69) is 57.3 Å². The predicted octanol–water partition coefficient (Wildman–Crippen LogP) is 3.23. The molecule has 0 heterocycles. The average molecular weight is 277 g/mol. The van der Waals surface area contributed by atoms with Crippen molar-refractivity contribution >= 4 is 5.97 Å². The molecular weight excluding hydrogens is 250 g/mol. The third-order valence-electron chi connectivity index (χ3n) is 3.55. The van der Waals surface area contributed by atoms with Crippen LogP contribution in [0.15, 0.2) is 24.3 Å². The molecule has 1 rings (SSSR count). The van der Waals surface area contributed by atoms with E-state index in [1.807, 2.05) is 0 Å². The lowest BCUT2D eigenvalue weighted by Crippen LogP contribution is -2.36. The molecule has 0 amide bonds. The van der Waals surface area contributed by atoms with Crippen LogP contribution in [0.3, 0.4) is 0 Å². The van der Waals surface area contributed by atoms with Crippen LogP contribution in [0.4, 0.5) is 0 Å². The van der Waals surface area contributed by atoms with Crippen LogP contribution in [0.25, 0.3) is 0 Å². The monoisotopic (exact) mass is 277 g/mol. The number of carboxylic acid groups (broad SMARTS) is 1. The maximum atomic E-state index is 10.7. The first-order valence-corrected chi connectivity index (χ1v) is 7.25. The molecular formula is C17H27NO2. The Morgan fingerprint density at radius 3 is 2.20 bits per heavy atom. The number of hydrogen-bond acceptors (Lipinski definition) is 2. The molecule has 2 N–H and O–H groups in total. The Morgan fingerprint density at radius 2 is 1.75 bits per heavy atom. The Hall–Kier alpha value is -1.35. The lowest BCUT2D eigenvalue weighted by Gasteiger charge is -2.20. The van der Waals surface area contributed by atoms with Gasteiger partial charge in [0.05, 0.1) is 0 Å². The summed E-state index contributed by atoms with van der Waals surface area (Å²) in [4.78, 5) is 10.7. The van der Waals surface area contributed by atoms with E-state index in [0.29, 0.717) is 12.5 Å². The van der Waals surface area contributed by atoms with E-state index in [4.69, 9.17) is 5.11 Å². The molecule has 0 aromatic heterocycles. The van der Waals surface area contributed by atoms with Gasteiger partial charge in [0.2, 0.25) is 0 Å². The van der Waals surface area contributed by atoms with Gasteiger partial charge in [0, 0.05) is 0 Å². The van der Waals surface area contributed by atoms with Crippen LogP contribution in [-0.4, -0.2) is 23.7 Å².